The van der Waals surface area contributed by atoms with Crippen LogP contribution in [0, 0.1) is 5.82 Å². The van der Waals surface area contributed by atoms with E-state index in [-0.39, 0.29) is 11.7 Å². The van der Waals surface area contributed by atoms with Gasteiger partial charge in [-0.15, -0.1) is 0 Å². The summed E-state index contributed by atoms with van der Waals surface area (Å²) in [4.78, 5) is 16.9. The quantitative estimate of drug-likeness (QED) is 0.722. The van der Waals surface area contributed by atoms with Crippen molar-refractivity contribution in [1.82, 2.24) is 9.47 Å². The summed E-state index contributed by atoms with van der Waals surface area (Å²) in [7, 11) is 0. The maximum absolute atomic E-state index is 13.1. The van der Waals surface area contributed by atoms with E-state index < -0.39 is 0 Å². The molecule has 1 fully saturated rings. The van der Waals surface area contributed by atoms with Crippen LogP contribution in [0.2, 0.25) is 0 Å². The Kier molecular flexibility index (Phi) is 4.61. The monoisotopic (exact) mass is 351 g/mol. The molecule has 0 spiro atoms. The lowest BCUT2D eigenvalue weighted by molar-refractivity contribution is -0.131. The predicted molar refractivity (Wildman–Crippen MR) is 102 cm³/mol. The van der Waals surface area contributed by atoms with Crippen LogP contribution in [0.3, 0.4) is 0 Å². The Morgan fingerprint density at radius 2 is 1.73 bits per heavy atom. The molecule has 2 heterocycles. The summed E-state index contributed by atoms with van der Waals surface area (Å²) in [5, 5.41) is 1.15. The average Bonchev–Trinajstić information content (AvgIpc) is 2.89. The second kappa shape index (κ2) is 7.20. The van der Waals surface area contributed by atoms with E-state index >= 15 is 0 Å². The first-order valence-corrected chi connectivity index (χ1v) is 9.03. The predicted octanol–water partition coefficient (Wildman–Crippen LogP) is 3.52. The number of rotatable bonds is 3. The number of anilines is 1. The Morgan fingerprint density at radius 1 is 0.923 bits per heavy atom. The van der Waals surface area contributed by atoms with Gasteiger partial charge in [0, 0.05) is 43.6 Å². The maximum atomic E-state index is 13.1. The summed E-state index contributed by atoms with van der Waals surface area (Å²) in [5.74, 6) is -0.0772. The fraction of sp³-hybridized carbons (Fsp3) is 0.286. The minimum atomic E-state index is -0.223. The molecule has 4 nitrogen and oxygen atoms in total. The molecule has 0 N–H and O–H groups in total. The summed E-state index contributed by atoms with van der Waals surface area (Å²) in [6, 6.07) is 16.7. The summed E-state index contributed by atoms with van der Waals surface area (Å²) in [5.41, 5.74) is 2.10. The molecule has 0 saturated carbocycles. The lowest BCUT2D eigenvalue weighted by atomic mass is 10.2. The third kappa shape index (κ3) is 3.43. The molecule has 1 aliphatic heterocycles. The van der Waals surface area contributed by atoms with Crippen molar-refractivity contribution in [3.05, 3.63) is 66.6 Å². The Bertz CT molecular complexity index is 903. The van der Waals surface area contributed by atoms with E-state index in [0.717, 1.165) is 42.6 Å². The number of hydrogen-bond acceptors (Lipinski definition) is 2. The Balaban J connectivity index is 1.42. The van der Waals surface area contributed by atoms with Crippen LogP contribution in [-0.4, -0.2) is 41.6 Å². The molecule has 0 unspecified atom stereocenters. The van der Waals surface area contributed by atoms with Crippen LogP contribution in [0.4, 0.5) is 10.1 Å². The van der Waals surface area contributed by atoms with Crippen LogP contribution in [0.15, 0.2) is 60.8 Å². The molecule has 1 amide bonds. The van der Waals surface area contributed by atoms with Crippen LogP contribution < -0.4 is 4.90 Å². The van der Waals surface area contributed by atoms with Crippen molar-refractivity contribution in [3.63, 3.8) is 0 Å². The van der Waals surface area contributed by atoms with Crippen molar-refractivity contribution in [2.24, 2.45) is 0 Å². The van der Waals surface area contributed by atoms with E-state index in [4.69, 9.17) is 0 Å². The van der Waals surface area contributed by atoms with Crippen molar-refractivity contribution in [1.29, 1.82) is 0 Å². The number of benzene rings is 2. The van der Waals surface area contributed by atoms with Gasteiger partial charge in [-0.2, -0.15) is 0 Å². The number of hydrogen-bond donors (Lipinski definition) is 0. The van der Waals surface area contributed by atoms with Gasteiger partial charge in [-0.3, -0.25) is 4.79 Å². The second-order valence-electron chi connectivity index (χ2n) is 6.70. The topological polar surface area (TPSA) is 28.5 Å². The van der Waals surface area contributed by atoms with Gasteiger partial charge in [0.05, 0.1) is 0 Å². The van der Waals surface area contributed by atoms with E-state index in [0.29, 0.717) is 13.1 Å². The lowest BCUT2D eigenvalue weighted by Crippen LogP contribution is -2.37. The summed E-state index contributed by atoms with van der Waals surface area (Å²) < 4.78 is 15.1. The number of amides is 1. The van der Waals surface area contributed by atoms with Crippen molar-refractivity contribution in [2.75, 3.05) is 31.1 Å². The minimum Gasteiger partial charge on any atom is -0.370 e. The fourth-order valence-electron chi connectivity index (χ4n) is 3.60. The third-order valence-corrected chi connectivity index (χ3v) is 5.03. The van der Waals surface area contributed by atoms with Gasteiger partial charge in [-0.1, -0.05) is 18.2 Å². The average molecular weight is 351 g/mol. The molecule has 0 bridgehead atoms. The number of halogens is 1. The highest BCUT2D eigenvalue weighted by atomic mass is 19.1. The van der Waals surface area contributed by atoms with Crippen LogP contribution in [0.1, 0.15) is 6.42 Å². The zero-order valence-electron chi connectivity index (χ0n) is 14.6. The molecule has 26 heavy (non-hydrogen) atoms. The number of para-hydroxylation sites is 1. The number of carbonyl (C=O) groups is 1. The summed E-state index contributed by atoms with van der Waals surface area (Å²) in [6.07, 6.45) is 2.89. The van der Waals surface area contributed by atoms with Crippen LogP contribution >= 0.6 is 0 Å². The van der Waals surface area contributed by atoms with Crippen molar-refractivity contribution in [3.8, 4) is 0 Å². The molecular weight excluding hydrogens is 329 g/mol. The molecule has 1 aliphatic rings. The van der Waals surface area contributed by atoms with Gasteiger partial charge in [0.2, 0.25) is 5.91 Å². The molecule has 0 atom stereocenters. The Morgan fingerprint density at radius 3 is 2.58 bits per heavy atom. The lowest BCUT2D eigenvalue weighted by Gasteiger charge is -2.24. The van der Waals surface area contributed by atoms with Crippen LogP contribution in [-0.2, 0) is 11.3 Å². The zero-order chi connectivity index (χ0) is 17.9. The molecule has 134 valence electrons. The van der Waals surface area contributed by atoms with Crippen molar-refractivity contribution >= 4 is 22.5 Å². The summed E-state index contributed by atoms with van der Waals surface area (Å²) in [6.45, 7) is 3.46. The number of aromatic nitrogens is 1. The number of carbonyl (C=O) groups excluding carboxylic acids is 1. The zero-order valence-corrected chi connectivity index (χ0v) is 14.6. The van der Waals surface area contributed by atoms with E-state index in [1.807, 2.05) is 39.9 Å². The third-order valence-electron chi connectivity index (χ3n) is 5.03. The van der Waals surface area contributed by atoms with Gasteiger partial charge in [0.1, 0.15) is 12.4 Å². The molecule has 0 radical (unpaired) electrons. The van der Waals surface area contributed by atoms with E-state index in [2.05, 4.69) is 11.0 Å². The molecule has 1 saturated heterocycles. The minimum absolute atomic E-state index is 0.146. The molecular formula is C21H22FN3O. The van der Waals surface area contributed by atoms with Crippen LogP contribution in [0.25, 0.3) is 10.9 Å². The highest BCUT2D eigenvalue weighted by Gasteiger charge is 2.20. The fourth-order valence-corrected chi connectivity index (χ4v) is 3.60. The second-order valence-corrected chi connectivity index (χ2v) is 6.70. The Labute approximate surface area is 152 Å². The van der Waals surface area contributed by atoms with Crippen LogP contribution in [0.5, 0.6) is 0 Å². The number of fused-ring (bicyclic) bond motifs is 1. The normalized spacial score (nSPS) is 15.3. The van der Waals surface area contributed by atoms with Gasteiger partial charge in [0.25, 0.3) is 0 Å². The van der Waals surface area contributed by atoms with E-state index in [9.17, 15) is 9.18 Å². The van der Waals surface area contributed by atoms with Gasteiger partial charge >= 0.3 is 0 Å². The first-order valence-electron chi connectivity index (χ1n) is 9.03. The number of nitrogens with zero attached hydrogens (tertiary/aromatic N) is 3. The molecule has 2 aromatic carbocycles. The molecule has 5 heteroatoms. The standard InChI is InChI=1S/C21H22FN3O/c22-18-6-8-19(9-7-18)23-11-3-12-24(15-14-23)21(26)16-25-13-10-17-4-1-2-5-20(17)25/h1-2,4-10,13H,3,11-12,14-16H2. The highest BCUT2D eigenvalue weighted by molar-refractivity contribution is 5.83. The first kappa shape index (κ1) is 16.6. The molecule has 3 aromatic rings. The smallest absolute Gasteiger partial charge is 0.242 e. The van der Waals surface area contributed by atoms with Gasteiger partial charge in [0.15, 0.2) is 0 Å². The highest BCUT2D eigenvalue weighted by Crippen LogP contribution is 2.18. The van der Waals surface area contributed by atoms with Gasteiger partial charge < -0.3 is 14.4 Å². The summed E-state index contributed by atoms with van der Waals surface area (Å²) >= 11 is 0. The first-order chi connectivity index (χ1) is 12.7. The van der Waals surface area contributed by atoms with Crippen molar-refractivity contribution in [2.45, 2.75) is 13.0 Å². The largest absolute Gasteiger partial charge is 0.370 e. The maximum Gasteiger partial charge on any atom is 0.242 e. The van der Waals surface area contributed by atoms with E-state index in [1.165, 1.54) is 12.1 Å². The SMILES string of the molecule is O=C(Cn1ccc2ccccc21)N1CCCN(c2ccc(F)cc2)CC1. The molecule has 0 aliphatic carbocycles. The van der Waals surface area contributed by atoms with Crippen molar-refractivity contribution < 1.29 is 9.18 Å². The van der Waals surface area contributed by atoms with Gasteiger partial charge in [-0.25, -0.2) is 4.39 Å². The Hall–Kier alpha value is -2.82. The van der Waals surface area contributed by atoms with E-state index in [1.54, 1.807) is 12.1 Å². The van der Waals surface area contributed by atoms with Gasteiger partial charge in [-0.05, 0) is 48.2 Å². The molecule has 4 rings (SSSR count). The molecule has 1 aromatic heterocycles.